The Morgan fingerprint density at radius 2 is 2.31 bits per heavy atom. The molecule has 0 aliphatic heterocycles. The highest BCUT2D eigenvalue weighted by Gasteiger charge is 2.09. The van der Waals surface area contributed by atoms with Crippen LogP contribution in [0.3, 0.4) is 0 Å². The number of amides is 1. The van der Waals surface area contributed by atoms with E-state index >= 15 is 0 Å². The Labute approximate surface area is 90.9 Å². The van der Waals surface area contributed by atoms with Crippen LogP contribution in [0.5, 0.6) is 0 Å². The van der Waals surface area contributed by atoms with Crippen molar-refractivity contribution in [2.75, 3.05) is 5.32 Å². The fourth-order valence-corrected chi connectivity index (χ4v) is 1.21. The number of nitrogens with zero attached hydrogens (tertiary/aromatic N) is 3. The van der Waals surface area contributed by atoms with Crippen LogP contribution in [0.25, 0.3) is 0 Å². The topological polar surface area (TPSA) is 59.8 Å². The van der Waals surface area contributed by atoms with E-state index in [1.54, 1.807) is 13.1 Å². The minimum absolute atomic E-state index is 0.187. The SMILES string of the molecule is Cn1cc(C(=O)Nc2cccc(F)c2)nn1. The quantitative estimate of drug-likeness (QED) is 0.827. The summed E-state index contributed by atoms with van der Waals surface area (Å²) in [6.07, 6.45) is 1.48. The number of aryl methyl sites for hydroxylation is 1. The Hall–Kier alpha value is -2.24. The van der Waals surface area contributed by atoms with Gasteiger partial charge in [-0.15, -0.1) is 5.10 Å². The second kappa shape index (κ2) is 4.09. The van der Waals surface area contributed by atoms with Crippen molar-refractivity contribution in [3.8, 4) is 0 Å². The average molecular weight is 220 g/mol. The Bertz CT molecular complexity index is 523. The molecule has 0 saturated carbocycles. The van der Waals surface area contributed by atoms with Gasteiger partial charge in [-0.1, -0.05) is 11.3 Å². The van der Waals surface area contributed by atoms with Crippen molar-refractivity contribution in [1.82, 2.24) is 15.0 Å². The maximum Gasteiger partial charge on any atom is 0.277 e. The third kappa shape index (κ3) is 2.22. The largest absolute Gasteiger partial charge is 0.320 e. The standard InChI is InChI=1S/C10H9FN4O/c1-15-6-9(13-14-15)10(16)12-8-4-2-3-7(11)5-8/h2-6H,1H3,(H,12,16). The zero-order valence-electron chi connectivity index (χ0n) is 8.51. The van der Waals surface area contributed by atoms with Gasteiger partial charge in [-0.05, 0) is 18.2 Å². The molecule has 0 aliphatic rings. The molecule has 1 aromatic heterocycles. The van der Waals surface area contributed by atoms with Crippen LogP contribution in [0.15, 0.2) is 30.5 Å². The molecule has 1 aromatic carbocycles. The van der Waals surface area contributed by atoms with Crippen LogP contribution < -0.4 is 5.32 Å². The van der Waals surface area contributed by atoms with E-state index in [0.717, 1.165) is 0 Å². The molecule has 0 aliphatic carbocycles. The van der Waals surface area contributed by atoms with Crippen molar-refractivity contribution in [2.24, 2.45) is 7.05 Å². The van der Waals surface area contributed by atoms with Gasteiger partial charge in [0.05, 0.1) is 6.20 Å². The molecule has 1 amide bonds. The molecule has 5 nitrogen and oxygen atoms in total. The van der Waals surface area contributed by atoms with E-state index < -0.39 is 11.7 Å². The predicted octanol–water partition coefficient (Wildman–Crippen LogP) is 1.21. The number of hydrogen-bond acceptors (Lipinski definition) is 3. The molecule has 16 heavy (non-hydrogen) atoms. The molecule has 0 saturated heterocycles. The van der Waals surface area contributed by atoms with Gasteiger partial charge in [-0.3, -0.25) is 9.48 Å². The summed E-state index contributed by atoms with van der Waals surface area (Å²) in [5, 5.41) is 9.79. The Balaban J connectivity index is 2.13. The van der Waals surface area contributed by atoms with Crippen LogP contribution in [0.4, 0.5) is 10.1 Å². The van der Waals surface area contributed by atoms with Gasteiger partial charge >= 0.3 is 0 Å². The monoisotopic (exact) mass is 220 g/mol. The number of carbonyl (C=O) groups is 1. The lowest BCUT2D eigenvalue weighted by Crippen LogP contribution is -2.12. The molecule has 0 radical (unpaired) electrons. The van der Waals surface area contributed by atoms with E-state index in [4.69, 9.17) is 0 Å². The van der Waals surface area contributed by atoms with Gasteiger partial charge in [0.1, 0.15) is 5.82 Å². The summed E-state index contributed by atoms with van der Waals surface area (Å²) in [4.78, 5) is 11.6. The van der Waals surface area contributed by atoms with Crippen molar-refractivity contribution in [1.29, 1.82) is 0 Å². The second-order valence-electron chi connectivity index (χ2n) is 3.24. The minimum Gasteiger partial charge on any atom is -0.320 e. The lowest BCUT2D eigenvalue weighted by atomic mass is 10.3. The number of nitrogens with one attached hydrogen (secondary N) is 1. The first kappa shape index (κ1) is 10.3. The number of carbonyl (C=O) groups excluding carboxylic acids is 1. The minimum atomic E-state index is -0.418. The first-order chi connectivity index (χ1) is 7.65. The Morgan fingerprint density at radius 3 is 2.94 bits per heavy atom. The third-order valence-electron chi connectivity index (χ3n) is 1.92. The number of anilines is 1. The van der Waals surface area contributed by atoms with Crippen LogP contribution in [0.1, 0.15) is 10.5 Å². The number of hydrogen-bond donors (Lipinski definition) is 1. The number of rotatable bonds is 2. The third-order valence-corrected chi connectivity index (χ3v) is 1.92. The number of benzene rings is 1. The van der Waals surface area contributed by atoms with E-state index in [9.17, 15) is 9.18 Å². The fraction of sp³-hybridized carbons (Fsp3) is 0.100. The van der Waals surface area contributed by atoms with Crippen molar-refractivity contribution in [3.63, 3.8) is 0 Å². The van der Waals surface area contributed by atoms with E-state index in [1.165, 1.54) is 29.1 Å². The molecule has 0 fully saturated rings. The van der Waals surface area contributed by atoms with Crippen LogP contribution in [0, 0.1) is 5.82 Å². The first-order valence-corrected chi connectivity index (χ1v) is 4.58. The summed E-state index contributed by atoms with van der Waals surface area (Å²) in [6, 6.07) is 5.64. The maximum atomic E-state index is 12.8. The lowest BCUT2D eigenvalue weighted by molar-refractivity contribution is 0.102. The van der Waals surface area contributed by atoms with Gasteiger partial charge in [0.15, 0.2) is 5.69 Å². The second-order valence-corrected chi connectivity index (χ2v) is 3.24. The highest BCUT2D eigenvalue weighted by molar-refractivity contribution is 6.02. The van der Waals surface area contributed by atoms with Crippen molar-refractivity contribution in [2.45, 2.75) is 0 Å². The number of aromatic nitrogens is 3. The molecule has 0 bridgehead atoms. The smallest absolute Gasteiger partial charge is 0.277 e. The molecule has 1 heterocycles. The molecule has 82 valence electrons. The van der Waals surface area contributed by atoms with Crippen molar-refractivity contribution < 1.29 is 9.18 Å². The van der Waals surface area contributed by atoms with Gasteiger partial charge in [0.2, 0.25) is 0 Å². The lowest BCUT2D eigenvalue weighted by Gasteiger charge is -2.01. The highest BCUT2D eigenvalue weighted by atomic mass is 19.1. The summed E-state index contributed by atoms with van der Waals surface area (Å²) in [5.41, 5.74) is 0.572. The highest BCUT2D eigenvalue weighted by Crippen LogP contribution is 2.10. The van der Waals surface area contributed by atoms with Gasteiger partial charge in [-0.2, -0.15) is 0 Å². The molecular weight excluding hydrogens is 211 g/mol. The van der Waals surface area contributed by atoms with E-state index in [2.05, 4.69) is 15.6 Å². The van der Waals surface area contributed by atoms with Gasteiger partial charge < -0.3 is 5.32 Å². The first-order valence-electron chi connectivity index (χ1n) is 4.58. The molecule has 1 N–H and O–H groups in total. The maximum absolute atomic E-state index is 12.8. The summed E-state index contributed by atoms with van der Waals surface area (Å²) in [7, 11) is 1.66. The predicted molar refractivity (Wildman–Crippen MR) is 55.4 cm³/mol. The van der Waals surface area contributed by atoms with E-state index in [1.807, 2.05) is 0 Å². The molecule has 0 spiro atoms. The molecule has 2 rings (SSSR count). The Kier molecular flexibility index (Phi) is 2.63. The number of halogens is 1. The van der Waals surface area contributed by atoms with Gasteiger partial charge in [0.25, 0.3) is 5.91 Å². The average Bonchev–Trinajstić information content (AvgIpc) is 2.65. The Morgan fingerprint density at radius 1 is 1.50 bits per heavy atom. The van der Waals surface area contributed by atoms with Crippen LogP contribution in [-0.4, -0.2) is 20.9 Å². The molecule has 0 atom stereocenters. The molecule has 2 aromatic rings. The van der Waals surface area contributed by atoms with Crippen molar-refractivity contribution >= 4 is 11.6 Å². The zero-order valence-corrected chi connectivity index (χ0v) is 8.51. The molecule has 0 unspecified atom stereocenters. The van der Waals surface area contributed by atoms with Crippen LogP contribution in [0.2, 0.25) is 0 Å². The van der Waals surface area contributed by atoms with E-state index in [-0.39, 0.29) is 5.69 Å². The van der Waals surface area contributed by atoms with Gasteiger partial charge in [0, 0.05) is 12.7 Å². The van der Waals surface area contributed by atoms with Crippen LogP contribution in [-0.2, 0) is 7.05 Å². The van der Waals surface area contributed by atoms with E-state index in [0.29, 0.717) is 5.69 Å². The zero-order chi connectivity index (χ0) is 11.5. The van der Waals surface area contributed by atoms with Gasteiger partial charge in [-0.25, -0.2) is 4.39 Å². The van der Waals surface area contributed by atoms with Crippen molar-refractivity contribution in [3.05, 3.63) is 42.0 Å². The summed E-state index contributed by atoms with van der Waals surface area (Å²) < 4.78 is 14.3. The summed E-state index contributed by atoms with van der Waals surface area (Å²) >= 11 is 0. The van der Waals surface area contributed by atoms with Crippen LogP contribution >= 0.6 is 0 Å². The normalized spacial score (nSPS) is 10.1. The summed E-state index contributed by atoms with van der Waals surface area (Å²) in [6.45, 7) is 0. The summed E-state index contributed by atoms with van der Waals surface area (Å²) in [5.74, 6) is -0.823. The molecular formula is C10H9FN4O. The molecule has 6 heteroatoms. The fourth-order valence-electron chi connectivity index (χ4n) is 1.21.